The summed E-state index contributed by atoms with van der Waals surface area (Å²) >= 11 is 0. The molecule has 4 rings (SSSR count). The molecule has 3 heterocycles. The average molecular weight is 344 g/mol. The first-order chi connectivity index (χ1) is 12.2. The van der Waals surface area contributed by atoms with E-state index >= 15 is 0 Å². The summed E-state index contributed by atoms with van der Waals surface area (Å²) in [5.74, 6) is 1.48. The van der Waals surface area contributed by atoms with Gasteiger partial charge in [-0.3, -0.25) is 4.79 Å². The fourth-order valence-electron chi connectivity index (χ4n) is 4.05. The molecule has 0 radical (unpaired) electrons. The van der Waals surface area contributed by atoms with E-state index in [1.165, 1.54) is 12.1 Å². The SMILES string of the molecule is COCc1nnc2n1C[C@H]1CC[C@@H](C2)N1C(=O)Cc1cccc(F)c1. The van der Waals surface area contributed by atoms with Crippen molar-refractivity contribution in [3.05, 3.63) is 47.3 Å². The predicted octanol–water partition coefficient (Wildman–Crippen LogP) is 1.72. The third kappa shape index (κ3) is 3.04. The number of fused-ring (bicyclic) bond motifs is 3. The van der Waals surface area contributed by atoms with E-state index in [0.717, 1.165) is 24.5 Å². The van der Waals surface area contributed by atoms with Crippen LogP contribution in [0.4, 0.5) is 4.39 Å². The third-order valence-electron chi connectivity index (χ3n) is 5.14. The van der Waals surface area contributed by atoms with Gasteiger partial charge in [0.05, 0.1) is 12.5 Å². The molecule has 2 aliphatic rings. The molecule has 2 bridgehead atoms. The molecule has 25 heavy (non-hydrogen) atoms. The summed E-state index contributed by atoms with van der Waals surface area (Å²) in [4.78, 5) is 14.9. The van der Waals surface area contributed by atoms with Crippen LogP contribution in [0.5, 0.6) is 0 Å². The van der Waals surface area contributed by atoms with Gasteiger partial charge in [0.25, 0.3) is 0 Å². The summed E-state index contributed by atoms with van der Waals surface area (Å²) in [6.07, 6.45) is 2.90. The van der Waals surface area contributed by atoms with Gasteiger partial charge in [-0.15, -0.1) is 10.2 Å². The summed E-state index contributed by atoms with van der Waals surface area (Å²) in [6, 6.07) is 6.56. The maximum atomic E-state index is 13.4. The second-order valence-electron chi connectivity index (χ2n) is 6.77. The number of benzene rings is 1. The van der Waals surface area contributed by atoms with Crippen molar-refractivity contribution >= 4 is 5.91 Å². The van der Waals surface area contributed by atoms with Gasteiger partial charge in [0.15, 0.2) is 5.82 Å². The molecule has 1 amide bonds. The van der Waals surface area contributed by atoms with Crippen LogP contribution in [0, 0.1) is 5.82 Å². The van der Waals surface area contributed by atoms with Gasteiger partial charge in [-0.25, -0.2) is 4.39 Å². The van der Waals surface area contributed by atoms with Crippen molar-refractivity contribution < 1.29 is 13.9 Å². The smallest absolute Gasteiger partial charge is 0.227 e. The van der Waals surface area contributed by atoms with Crippen molar-refractivity contribution in [1.82, 2.24) is 19.7 Å². The van der Waals surface area contributed by atoms with Crippen LogP contribution in [0.25, 0.3) is 0 Å². The molecule has 1 aromatic carbocycles. The molecule has 1 aromatic heterocycles. The summed E-state index contributed by atoms with van der Waals surface area (Å²) in [7, 11) is 1.64. The number of amides is 1. The third-order valence-corrected chi connectivity index (χ3v) is 5.14. The molecular weight excluding hydrogens is 323 g/mol. The van der Waals surface area contributed by atoms with Gasteiger partial charge < -0.3 is 14.2 Å². The molecule has 6 nitrogen and oxygen atoms in total. The van der Waals surface area contributed by atoms with Gasteiger partial charge in [-0.2, -0.15) is 0 Å². The number of ether oxygens (including phenoxy) is 1. The number of carbonyl (C=O) groups excluding carboxylic acids is 1. The number of carbonyl (C=O) groups is 1. The zero-order valence-corrected chi connectivity index (χ0v) is 14.2. The Labute approximate surface area is 145 Å². The predicted molar refractivity (Wildman–Crippen MR) is 88.2 cm³/mol. The van der Waals surface area contributed by atoms with Crippen molar-refractivity contribution in [3.63, 3.8) is 0 Å². The molecular formula is C18H21FN4O2. The number of hydrogen-bond acceptors (Lipinski definition) is 4. The van der Waals surface area contributed by atoms with E-state index in [1.807, 2.05) is 4.90 Å². The van der Waals surface area contributed by atoms with Crippen molar-refractivity contribution in [1.29, 1.82) is 0 Å². The molecule has 2 atom stereocenters. The minimum absolute atomic E-state index is 0.0603. The first-order valence-electron chi connectivity index (χ1n) is 8.61. The van der Waals surface area contributed by atoms with Gasteiger partial charge >= 0.3 is 0 Å². The molecule has 0 saturated carbocycles. The quantitative estimate of drug-likeness (QED) is 0.847. The fourth-order valence-corrected chi connectivity index (χ4v) is 4.05. The van der Waals surface area contributed by atoms with Crippen molar-refractivity contribution in [2.45, 2.75) is 50.9 Å². The van der Waals surface area contributed by atoms with Crippen LogP contribution in [0.15, 0.2) is 24.3 Å². The van der Waals surface area contributed by atoms with Crippen molar-refractivity contribution in [2.24, 2.45) is 0 Å². The van der Waals surface area contributed by atoms with Gasteiger partial charge in [-0.05, 0) is 30.5 Å². The van der Waals surface area contributed by atoms with Gasteiger partial charge in [0.1, 0.15) is 18.2 Å². The number of rotatable bonds is 4. The number of hydrogen-bond donors (Lipinski definition) is 0. The lowest BCUT2D eigenvalue weighted by atomic mass is 10.1. The van der Waals surface area contributed by atoms with Gasteiger partial charge in [0, 0.05) is 26.1 Å². The van der Waals surface area contributed by atoms with Crippen LogP contribution >= 0.6 is 0 Å². The molecule has 2 aliphatic heterocycles. The zero-order chi connectivity index (χ0) is 17.4. The lowest BCUT2D eigenvalue weighted by Gasteiger charge is -2.28. The number of methoxy groups -OCH3 is 1. The molecule has 0 unspecified atom stereocenters. The van der Waals surface area contributed by atoms with Gasteiger partial charge in [-0.1, -0.05) is 12.1 Å². The molecule has 1 fully saturated rings. The van der Waals surface area contributed by atoms with Crippen molar-refractivity contribution in [2.75, 3.05) is 7.11 Å². The van der Waals surface area contributed by atoms with E-state index in [0.29, 0.717) is 25.1 Å². The highest BCUT2D eigenvalue weighted by Crippen LogP contribution is 2.32. The van der Waals surface area contributed by atoms with Gasteiger partial charge in [0.2, 0.25) is 5.91 Å². The largest absolute Gasteiger partial charge is 0.377 e. The lowest BCUT2D eigenvalue weighted by Crippen LogP contribution is -2.43. The van der Waals surface area contributed by atoms with E-state index in [9.17, 15) is 9.18 Å². The van der Waals surface area contributed by atoms with Crippen LogP contribution in [-0.4, -0.2) is 44.8 Å². The Balaban J connectivity index is 1.55. The van der Waals surface area contributed by atoms with E-state index < -0.39 is 0 Å². The maximum Gasteiger partial charge on any atom is 0.227 e. The van der Waals surface area contributed by atoms with Crippen LogP contribution in [0.2, 0.25) is 0 Å². The molecule has 132 valence electrons. The highest BCUT2D eigenvalue weighted by Gasteiger charge is 2.40. The molecule has 0 N–H and O–H groups in total. The topological polar surface area (TPSA) is 60.3 Å². The first-order valence-corrected chi connectivity index (χ1v) is 8.61. The number of aromatic nitrogens is 3. The summed E-state index contributed by atoms with van der Waals surface area (Å²) in [6.45, 7) is 1.12. The Hall–Kier alpha value is -2.28. The highest BCUT2D eigenvalue weighted by atomic mass is 19.1. The first kappa shape index (κ1) is 16.2. The fraction of sp³-hybridized carbons (Fsp3) is 0.500. The van der Waals surface area contributed by atoms with Crippen LogP contribution in [0.3, 0.4) is 0 Å². The number of nitrogens with zero attached hydrogens (tertiary/aromatic N) is 4. The van der Waals surface area contributed by atoms with Crippen LogP contribution in [0.1, 0.15) is 30.1 Å². The Morgan fingerprint density at radius 1 is 1.32 bits per heavy atom. The minimum Gasteiger partial charge on any atom is -0.377 e. The van der Waals surface area contributed by atoms with Crippen LogP contribution in [-0.2, 0) is 35.5 Å². The monoisotopic (exact) mass is 344 g/mol. The minimum atomic E-state index is -0.306. The van der Waals surface area contributed by atoms with Crippen molar-refractivity contribution in [3.8, 4) is 0 Å². The zero-order valence-electron chi connectivity index (χ0n) is 14.2. The lowest BCUT2D eigenvalue weighted by molar-refractivity contribution is -0.133. The second kappa shape index (κ2) is 6.55. The number of halogens is 1. The Morgan fingerprint density at radius 2 is 2.16 bits per heavy atom. The Morgan fingerprint density at radius 3 is 2.96 bits per heavy atom. The van der Waals surface area contributed by atoms with E-state index in [4.69, 9.17) is 4.74 Å². The molecule has 1 saturated heterocycles. The standard InChI is InChI=1S/C18H21FN4O2/c1-25-11-17-21-20-16-9-14-5-6-15(10-22(16)17)23(14)18(24)8-12-3-2-4-13(19)7-12/h2-4,7,14-15H,5-6,8-11H2,1H3/t14-,15+/m0/s1. The van der Waals surface area contributed by atoms with E-state index in [1.54, 1.807) is 19.2 Å². The van der Waals surface area contributed by atoms with E-state index in [-0.39, 0.29) is 30.2 Å². The molecule has 7 heteroatoms. The molecule has 0 aliphatic carbocycles. The average Bonchev–Trinajstić information content (AvgIpc) is 3.08. The van der Waals surface area contributed by atoms with E-state index in [2.05, 4.69) is 14.8 Å². The summed E-state index contributed by atoms with van der Waals surface area (Å²) in [5, 5.41) is 8.50. The second-order valence-corrected chi connectivity index (χ2v) is 6.77. The summed E-state index contributed by atoms with van der Waals surface area (Å²) in [5.41, 5.74) is 0.716. The molecule has 0 spiro atoms. The normalized spacial score (nSPS) is 21.9. The maximum absolute atomic E-state index is 13.4. The molecule has 2 aromatic rings. The summed E-state index contributed by atoms with van der Waals surface area (Å²) < 4.78 is 20.7. The Bertz CT molecular complexity index is 791. The van der Waals surface area contributed by atoms with Crippen LogP contribution < -0.4 is 0 Å². The highest BCUT2D eigenvalue weighted by molar-refractivity contribution is 5.79. The Kier molecular flexibility index (Phi) is 4.25.